The number of nitrogens with one attached hydrogen (secondary N) is 3. The Kier molecular flexibility index (Phi) is 11.5. The number of aliphatic hydroxyl groups is 1. The Morgan fingerprint density at radius 2 is 1.45 bits per heavy atom. The molecule has 12 heteroatoms. The highest BCUT2D eigenvalue weighted by Gasteiger charge is 2.31. The van der Waals surface area contributed by atoms with Crippen molar-refractivity contribution in [1.29, 1.82) is 0 Å². The normalized spacial score (nSPS) is 15.9. The maximum Gasteiger partial charge on any atom is 0.326 e. The van der Waals surface area contributed by atoms with Crippen molar-refractivity contribution in [2.24, 2.45) is 11.7 Å². The van der Waals surface area contributed by atoms with Crippen molar-refractivity contribution in [2.45, 2.75) is 64.2 Å². The van der Waals surface area contributed by atoms with Crippen LogP contribution in [-0.4, -0.2) is 75.8 Å². The van der Waals surface area contributed by atoms with Gasteiger partial charge in [0.05, 0.1) is 12.6 Å². The molecule has 8 N–H and O–H groups in total. The molecule has 0 spiro atoms. The quantitative estimate of drug-likeness (QED) is 0.172. The van der Waals surface area contributed by atoms with E-state index in [1.54, 1.807) is 13.8 Å². The molecule has 29 heavy (non-hydrogen) atoms. The fourth-order valence-electron chi connectivity index (χ4n) is 2.24. The number of carbonyl (C=O) groups excluding carboxylic acids is 3. The zero-order valence-electron chi connectivity index (χ0n) is 16.7. The van der Waals surface area contributed by atoms with Crippen LogP contribution in [0.25, 0.3) is 0 Å². The summed E-state index contributed by atoms with van der Waals surface area (Å²) in [5, 5.41) is 34.0. The Labute approximate surface area is 168 Å². The number of carboxylic acids is 2. The van der Waals surface area contributed by atoms with E-state index in [4.69, 9.17) is 15.9 Å². The molecule has 0 aromatic heterocycles. The third-order valence-electron chi connectivity index (χ3n) is 4.28. The van der Waals surface area contributed by atoms with Gasteiger partial charge >= 0.3 is 11.9 Å². The minimum atomic E-state index is -1.51. The Hall–Kier alpha value is -2.73. The highest BCUT2D eigenvalue weighted by atomic mass is 16.4. The lowest BCUT2D eigenvalue weighted by molar-refractivity contribution is -0.143. The van der Waals surface area contributed by atoms with Gasteiger partial charge in [-0.3, -0.25) is 19.2 Å². The van der Waals surface area contributed by atoms with Gasteiger partial charge in [0.1, 0.15) is 18.1 Å². The topological polar surface area (TPSA) is 208 Å². The van der Waals surface area contributed by atoms with Crippen LogP contribution < -0.4 is 21.7 Å². The lowest BCUT2D eigenvalue weighted by Gasteiger charge is -2.27. The Morgan fingerprint density at radius 3 is 1.86 bits per heavy atom. The first kappa shape index (κ1) is 26.3. The predicted octanol–water partition coefficient (Wildman–Crippen LogP) is -2.22. The average Bonchev–Trinajstić information content (AvgIpc) is 2.65. The molecule has 0 heterocycles. The second-order valence-electron chi connectivity index (χ2n) is 6.74. The summed E-state index contributed by atoms with van der Waals surface area (Å²) in [5.41, 5.74) is 5.49. The fraction of sp³-hybridized carbons (Fsp3) is 0.706. The van der Waals surface area contributed by atoms with E-state index in [1.165, 1.54) is 6.92 Å². The number of hydrogen-bond acceptors (Lipinski definition) is 7. The van der Waals surface area contributed by atoms with Gasteiger partial charge in [-0.15, -0.1) is 0 Å². The largest absolute Gasteiger partial charge is 0.481 e. The highest BCUT2D eigenvalue weighted by Crippen LogP contribution is 2.09. The van der Waals surface area contributed by atoms with Crippen LogP contribution in [0, 0.1) is 5.92 Å². The molecular formula is C17H30N4O8. The molecular weight excluding hydrogens is 388 g/mol. The second kappa shape index (κ2) is 12.7. The van der Waals surface area contributed by atoms with Gasteiger partial charge in [-0.1, -0.05) is 20.3 Å². The molecule has 12 nitrogen and oxygen atoms in total. The van der Waals surface area contributed by atoms with Crippen LogP contribution in [-0.2, 0) is 24.0 Å². The molecule has 0 aromatic carbocycles. The molecule has 0 rings (SSSR count). The van der Waals surface area contributed by atoms with Crippen molar-refractivity contribution < 1.29 is 39.3 Å². The van der Waals surface area contributed by atoms with Gasteiger partial charge in [0.25, 0.3) is 0 Å². The van der Waals surface area contributed by atoms with E-state index in [1.807, 2.05) is 0 Å². The van der Waals surface area contributed by atoms with Crippen molar-refractivity contribution >= 4 is 29.7 Å². The highest BCUT2D eigenvalue weighted by molar-refractivity contribution is 5.94. The zero-order chi connectivity index (χ0) is 22.7. The second-order valence-corrected chi connectivity index (χ2v) is 6.74. The third kappa shape index (κ3) is 9.34. The number of carboxylic acid groups (broad SMARTS) is 2. The summed E-state index contributed by atoms with van der Waals surface area (Å²) in [6, 6.07) is -4.89. The van der Waals surface area contributed by atoms with E-state index in [-0.39, 0.29) is 12.3 Å². The van der Waals surface area contributed by atoms with Gasteiger partial charge < -0.3 is 37.0 Å². The summed E-state index contributed by atoms with van der Waals surface area (Å²) in [4.78, 5) is 58.5. The first-order valence-electron chi connectivity index (χ1n) is 9.16. The Morgan fingerprint density at radius 1 is 0.897 bits per heavy atom. The van der Waals surface area contributed by atoms with E-state index in [2.05, 4.69) is 16.0 Å². The fourth-order valence-corrected chi connectivity index (χ4v) is 2.24. The maximum absolute atomic E-state index is 12.6. The van der Waals surface area contributed by atoms with Crippen LogP contribution in [0.1, 0.15) is 40.0 Å². The van der Waals surface area contributed by atoms with Crippen molar-refractivity contribution in [3.05, 3.63) is 0 Å². The molecule has 0 saturated carbocycles. The molecule has 166 valence electrons. The first-order chi connectivity index (χ1) is 13.4. The van der Waals surface area contributed by atoms with Gasteiger partial charge in [0.15, 0.2) is 0 Å². The van der Waals surface area contributed by atoms with Crippen LogP contribution in [0.3, 0.4) is 0 Å². The number of aliphatic carboxylic acids is 2. The smallest absolute Gasteiger partial charge is 0.326 e. The zero-order valence-corrected chi connectivity index (χ0v) is 16.7. The van der Waals surface area contributed by atoms with Gasteiger partial charge in [-0.25, -0.2) is 4.79 Å². The van der Waals surface area contributed by atoms with Gasteiger partial charge in [0.2, 0.25) is 17.7 Å². The van der Waals surface area contributed by atoms with Crippen LogP contribution in [0.5, 0.6) is 0 Å². The number of amides is 3. The van der Waals surface area contributed by atoms with Crippen molar-refractivity contribution in [2.75, 3.05) is 6.61 Å². The Balaban J connectivity index is 5.19. The lowest BCUT2D eigenvalue weighted by Crippen LogP contribution is -2.59. The molecule has 0 aliphatic carbocycles. The Bertz CT molecular complexity index is 610. The van der Waals surface area contributed by atoms with E-state index in [0.717, 1.165) is 0 Å². The number of nitrogens with two attached hydrogens (primary N) is 1. The van der Waals surface area contributed by atoms with Crippen LogP contribution in [0.15, 0.2) is 0 Å². The number of carbonyl (C=O) groups is 5. The van der Waals surface area contributed by atoms with Crippen molar-refractivity contribution in [3.8, 4) is 0 Å². The minimum Gasteiger partial charge on any atom is -0.481 e. The van der Waals surface area contributed by atoms with E-state index >= 15 is 0 Å². The summed E-state index contributed by atoms with van der Waals surface area (Å²) >= 11 is 0. The molecule has 3 amide bonds. The van der Waals surface area contributed by atoms with Crippen LogP contribution >= 0.6 is 0 Å². The monoisotopic (exact) mass is 418 g/mol. The molecule has 0 saturated heterocycles. The summed E-state index contributed by atoms with van der Waals surface area (Å²) in [6.07, 6.45) is -0.348. The van der Waals surface area contributed by atoms with E-state index in [0.29, 0.717) is 6.42 Å². The summed E-state index contributed by atoms with van der Waals surface area (Å²) in [7, 11) is 0. The average molecular weight is 418 g/mol. The molecule has 0 bridgehead atoms. The van der Waals surface area contributed by atoms with Crippen molar-refractivity contribution in [1.82, 2.24) is 16.0 Å². The van der Waals surface area contributed by atoms with Crippen LogP contribution in [0.2, 0.25) is 0 Å². The molecule has 5 atom stereocenters. The molecule has 0 aliphatic rings. The predicted molar refractivity (Wildman–Crippen MR) is 100 cm³/mol. The number of hydrogen-bond donors (Lipinski definition) is 7. The molecule has 0 radical (unpaired) electrons. The van der Waals surface area contributed by atoms with Gasteiger partial charge in [0, 0.05) is 6.42 Å². The first-order valence-corrected chi connectivity index (χ1v) is 9.16. The SMILES string of the molecule is CCC(C)C(NC(=O)C(C)N)C(=O)NC(CO)C(=O)NC(CCC(=O)O)C(=O)O. The van der Waals surface area contributed by atoms with Crippen LogP contribution in [0.4, 0.5) is 0 Å². The molecule has 0 aliphatic heterocycles. The minimum absolute atomic E-state index is 0.317. The summed E-state index contributed by atoms with van der Waals surface area (Å²) < 4.78 is 0. The van der Waals surface area contributed by atoms with Gasteiger partial charge in [-0.05, 0) is 19.3 Å². The number of aliphatic hydroxyl groups excluding tert-OH is 1. The summed E-state index contributed by atoms with van der Waals surface area (Å²) in [5.74, 6) is -5.33. The third-order valence-corrected chi connectivity index (χ3v) is 4.28. The number of rotatable bonds is 13. The maximum atomic E-state index is 12.6. The summed E-state index contributed by atoms with van der Waals surface area (Å²) in [6.45, 7) is 4.09. The van der Waals surface area contributed by atoms with Crippen molar-refractivity contribution in [3.63, 3.8) is 0 Å². The van der Waals surface area contributed by atoms with E-state index < -0.39 is 66.9 Å². The standard InChI is InChI=1S/C17H30N4O8/c1-4-8(2)13(21-14(25)9(3)18)16(27)20-11(7-22)15(26)19-10(17(28)29)5-6-12(23)24/h8-11,13,22H,4-7,18H2,1-3H3,(H,19,26)(H,20,27)(H,21,25)(H,23,24)(H,28,29). The van der Waals surface area contributed by atoms with E-state index in [9.17, 15) is 29.1 Å². The molecule has 0 aromatic rings. The molecule has 0 fully saturated rings. The molecule has 5 unspecified atom stereocenters. The lowest BCUT2D eigenvalue weighted by atomic mass is 9.97. The van der Waals surface area contributed by atoms with Gasteiger partial charge in [-0.2, -0.15) is 0 Å².